The molecule has 1 aromatic carbocycles. The maximum atomic E-state index is 12.0. The quantitative estimate of drug-likeness (QED) is 0.806. The predicted molar refractivity (Wildman–Crippen MR) is 68.6 cm³/mol. The first-order valence-corrected chi connectivity index (χ1v) is 6.28. The van der Waals surface area contributed by atoms with E-state index in [0.717, 1.165) is 18.4 Å². The highest BCUT2D eigenvalue weighted by molar-refractivity contribution is 5.82. The Labute approximate surface area is 111 Å². The van der Waals surface area contributed by atoms with Crippen LogP contribution in [0.4, 0.5) is 0 Å². The first kappa shape index (κ1) is 13.4. The highest BCUT2D eigenvalue weighted by atomic mass is 16.5. The highest BCUT2D eigenvalue weighted by Gasteiger charge is 2.33. The lowest BCUT2D eigenvalue weighted by Crippen LogP contribution is -2.45. The Morgan fingerprint density at radius 2 is 2.11 bits per heavy atom. The summed E-state index contributed by atoms with van der Waals surface area (Å²) in [4.78, 5) is 23.4. The predicted octanol–water partition coefficient (Wildman–Crippen LogP) is 1.32. The fraction of sp³-hybridized carbons (Fsp3) is 0.429. The minimum Gasteiger partial charge on any atom is -0.508 e. The third-order valence-electron chi connectivity index (χ3n) is 3.38. The Morgan fingerprint density at radius 3 is 2.68 bits per heavy atom. The van der Waals surface area contributed by atoms with Crippen molar-refractivity contribution in [2.45, 2.75) is 31.2 Å². The molecule has 1 aromatic rings. The number of ether oxygens (including phenoxy) is 1. The summed E-state index contributed by atoms with van der Waals surface area (Å²) in [6.45, 7) is 0. The normalized spacial score (nSPS) is 20.5. The molecule has 1 fully saturated rings. The minimum absolute atomic E-state index is 0.0380. The molecular weight excluding hydrogens is 246 g/mol. The van der Waals surface area contributed by atoms with E-state index in [4.69, 9.17) is 4.74 Å². The number of carbonyl (C=O) groups excluding carboxylic acids is 2. The van der Waals surface area contributed by atoms with E-state index in [-0.39, 0.29) is 23.7 Å². The van der Waals surface area contributed by atoms with Gasteiger partial charge >= 0.3 is 5.97 Å². The molecule has 0 aliphatic carbocycles. The summed E-state index contributed by atoms with van der Waals surface area (Å²) in [5.41, 5.74) is 0.733. The summed E-state index contributed by atoms with van der Waals surface area (Å²) in [7, 11) is 1.33. The summed E-state index contributed by atoms with van der Waals surface area (Å²) in [5.74, 6) is -0.809. The SMILES string of the molecule is COC(=O)C(c1ccc(O)cc1)C1CCCC(=O)N1. The molecular formula is C14H17NO4. The van der Waals surface area contributed by atoms with Crippen LogP contribution in [-0.4, -0.2) is 30.1 Å². The van der Waals surface area contributed by atoms with Crippen molar-refractivity contribution in [1.82, 2.24) is 5.32 Å². The van der Waals surface area contributed by atoms with E-state index in [9.17, 15) is 14.7 Å². The highest BCUT2D eigenvalue weighted by Crippen LogP contribution is 2.28. The fourth-order valence-electron chi connectivity index (χ4n) is 2.42. The molecule has 0 bridgehead atoms. The molecule has 102 valence electrons. The van der Waals surface area contributed by atoms with Gasteiger partial charge in [-0.25, -0.2) is 0 Å². The molecule has 2 atom stereocenters. The van der Waals surface area contributed by atoms with Crippen LogP contribution in [-0.2, 0) is 14.3 Å². The van der Waals surface area contributed by atoms with Gasteiger partial charge in [-0.05, 0) is 30.5 Å². The van der Waals surface area contributed by atoms with Gasteiger partial charge in [0.1, 0.15) is 11.7 Å². The molecule has 2 unspecified atom stereocenters. The van der Waals surface area contributed by atoms with Gasteiger partial charge in [-0.3, -0.25) is 9.59 Å². The van der Waals surface area contributed by atoms with Gasteiger partial charge in [0.05, 0.1) is 7.11 Å². The molecule has 0 aromatic heterocycles. The third-order valence-corrected chi connectivity index (χ3v) is 3.38. The number of phenolic OH excluding ortho intramolecular Hbond substituents is 1. The van der Waals surface area contributed by atoms with Crippen molar-refractivity contribution in [3.8, 4) is 5.75 Å². The van der Waals surface area contributed by atoms with E-state index in [1.165, 1.54) is 19.2 Å². The molecule has 1 aliphatic heterocycles. The zero-order chi connectivity index (χ0) is 13.8. The molecule has 0 saturated carbocycles. The molecule has 1 aliphatic rings. The number of benzene rings is 1. The largest absolute Gasteiger partial charge is 0.508 e. The van der Waals surface area contributed by atoms with Gasteiger partial charge in [-0.15, -0.1) is 0 Å². The number of amides is 1. The number of piperidine rings is 1. The van der Waals surface area contributed by atoms with E-state index < -0.39 is 5.92 Å². The van der Waals surface area contributed by atoms with E-state index in [0.29, 0.717) is 6.42 Å². The number of methoxy groups -OCH3 is 1. The maximum absolute atomic E-state index is 12.0. The van der Waals surface area contributed by atoms with E-state index in [1.54, 1.807) is 12.1 Å². The topological polar surface area (TPSA) is 75.6 Å². The van der Waals surface area contributed by atoms with Gasteiger partial charge < -0.3 is 15.2 Å². The third kappa shape index (κ3) is 3.05. The van der Waals surface area contributed by atoms with Gasteiger partial charge in [0.2, 0.25) is 5.91 Å². The molecule has 0 radical (unpaired) electrons. The molecule has 19 heavy (non-hydrogen) atoms. The van der Waals surface area contributed by atoms with Gasteiger partial charge in [0, 0.05) is 12.5 Å². The van der Waals surface area contributed by atoms with Gasteiger partial charge in [-0.1, -0.05) is 12.1 Å². The fourth-order valence-corrected chi connectivity index (χ4v) is 2.42. The van der Waals surface area contributed by atoms with Crippen molar-refractivity contribution in [3.63, 3.8) is 0 Å². The Morgan fingerprint density at radius 1 is 1.42 bits per heavy atom. The van der Waals surface area contributed by atoms with Crippen LogP contribution in [0, 0.1) is 0 Å². The van der Waals surface area contributed by atoms with E-state index in [1.807, 2.05) is 0 Å². The second-order valence-electron chi connectivity index (χ2n) is 4.66. The molecule has 1 saturated heterocycles. The number of aromatic hydroxyl groups is 1. The number of esters is 1. The second-order valence-corrected chi connectivity index (χ2v) is 4.66. The summed E-state index contributed by atoms with van der Waals surface area (Å²) >= 11 is 0. The number of rotatable bonds is 3. The Balaban J connectivity index is 2.27. The van der Waals surface area contributed by atoms with Crippen LogP contribution in [0.5, 0.6) is 5.75 Å². The first-order chi connectivity index (χ1) is 9.11. The van der Waals surface area contributed by atoms with Crippen LogP contribution in [0.25, 0.3) is 0 Å². The monoisotopic (exact) mass is 263 g/mol. The molecule has 1 heterocycles. The average Bonchev–Trinajstić information content (AvgIpc) is 2.41. The number of hydrogen-bond donors (Lipinski definition) is 2. The van der Waals surface area contributed by atoms with Gasteiger partial charge in [0.25, 0.3) is 0 Å². The van der Waals surface area contributed by atoms with Crippen molar-refractivity contribution in [2.75, 3.05) is 7.11 Å². The Bertz CT molecular complexity index is 469. The van der Waals surface area contributed by atoms with Crippen LogP contribution >= 0.6 is 0 Å². The maximum Gasteiger partial charge on any atom is 0.315 e. The minimum atomic E-state index is -0.533. The molecule has 2 rings (SSSR count). The molecule has 5 heteroatoms. The molecule has 1 amide bonds. The van der Waals surface area contributed by atoms with Crippen molar-refractivity contribution in [1.29, 1.82) is 0 Å². The lowest BCUT2D eigenvalue weighted by atomic mass is 9.86. The Hall–Kier alpha value is -2.04. The number of phenols is 1. The van der Waals surface area contributed by atoms with Gasteiger partial charge in [0.15, 0.2) is 0 Å². The van der Waals surface area contributed by atoms with Crippen molar-refractivity contribution in [3.05, 3.63) is 29.8 Å². The zero-order valence-electron chi connectivity index (χ0n) is 10.8. The average molecular weight is 263 g/mol. The Kier molecular flexibility index (Phi) is 4.04. The number of nitrogens with one attached hydrogen (secondary N) is 1. The first-order valence-electron chi connectivity index (χ1n) is 6.28. The van der Waals surface area contributed by atoms with Crippen LogP contribution in [0.15, 0.2) is 24.3 Å². The van der Waals surface area contributed by atoms with Crippen molar-refractivity contribution < 1.29 is 19.4 Å². The van der Waals surface area contributed by atoms with Crippen LogP contribution in [0.3, 0.4) is 0 Å². The van der Waals surface area contributed by atoms with E-state index in [2.05, 4.69) is 5.32 Å². The van der Waals surface area contributed by atoms with Crippen LogP contribution in [0.2, 0.25) is 0 Å². The summed E-state index contributed by atoms with van der Waals surface area (Å²) in [6.07, 6.45) is 2.01. The number of carbonyl (C=O) groups is 2. The molecule has 0 spiro atoms. The van der Waals surface area contributed by atoms with Crippen molar-refractivity contribution >= 4 is 11.9 Å². The van der Waals surface area contributed by atoms with Crippen LogP contribution in [0.1, 0.15) is 30.7 Å². The summed E-state index contributed by atoms with van der Waals surface area (Å²) in [5, 5.41) is 12.1. The zero-order valence-corrected chi connectivity index (χ0v) is 10.8. The van der Waals surface area contributed by atoms with Gasteiger partial charge in [-0.2, -0.15) is 0 Å². The lowest BCUT2D eigenvalue weighted by molar-refractivity contribution is -0.143. The smallest absolute Gasteiger partial charge is 0.315 e. The summed E-state index contributed by atoms with van der Waals surface area (Å²) in [6, 6.07) is 6.15. The van der Waals surface area contributed by atoms with E-state index >= 15 is 0 Å². The van der Waals surface area contributed by atoms with Crippen LogP contribution < -0.4 is 5.32 Å². The molecule has 2 N–H and O–H groups in total. The second kappa shape index (κ2) is 5.73. The number of hydrogen-bond acceptors (Lipinski definition) is 4. The standard InChI is InChI=1S/C14H17NO4/c1-19-14(18)13(9-5-7-10(16)8-6-9)11-3-2-4-12(17)15-11/h5-8,11,13,16H,2-4H2,1H3,(H,15,17). The molecule has 5 nitrogen and oxygen atoms in total. The van der Waals surface area contributed by atoms with Crippen molar-refractivity contribution in [2.24, 2.45) is 0 Å². The lowest BCUT2D eigenvalue weighted by Gasteiger charge is -2.29. The summed E-state index contributed by atoms with van der Waals surface area (Å²) < 4.78 is 4.83.